The summed E-state index contributed by atoms with van der Waals surface area (Å²) in [4.78, 5) is 0. The molecule has 1 aromatic carbocycles. The summed E-state index contributed by atoms with van der Waals surface area (Å²) >= 11 is 0. The molecule has 2 N–H and O–H groups in total. The molecule has 2 rings (SSSR count). The largest absolute Gasteiger partial charge is 0.386 e. The molecule has 0 heterocycles. The maximum Gasteiger partial charge on any atom is 0.0843 e. The first kappa shape index (κ1) is 14.5. The lowest BCUT2D eigenvalue weighted by Crippen LogP contribution is -2.22. The van der Waals surface area contributed by atoms with Crippen molar-refractivity contribution in [2.75, 3.05) is 0 Å². The van der Waals surface area contributed by atoms with Crippen LogP contribution in [0.3, 0.4) is 0 Å². The molecule has 2 heteroatoms. The highest BCUT2D eigenvalue weighted by Crippen LogP contribution is 2.40. The van der Waals surface area contributed by atoms with Gasteiger partial charge in [0.15, 0.2) is 0 Å². The Balaban J connectivity index is 2.50. The van der Waals surface area contributed by atoms with Crippen LogP contribution >= 0.6 is 0 Å². The molecular weight excluding hydrogens is 236 g/mol. The minimum Gasteiger partial charge on any atom is -0.386 e. The molecule has 0 saturated heterocycles. The standard InChI is InChI=1S/C17H26O2/c1-16(2,18)13-9-10-15(17(3,4)19)14(11-13)12-7-5-6-8-12/h9-12,18-19H,5-8H2,1-4H3. The van der Waals surface area contributed by atoms with Gasteiger partial charge in [-0.05, 0) is 63.1 Å². The second-order valence-corrected chi connectivity index (χ2v) is 6.90. The van der Waals surface area contributed by atoms with E-state index in [0.717, 1.165) is 11.1 Å². The van der Waals surface area contributed by atoms with E-state index < -0.39 is 11.2 Å². The molecule has 0 unspecified atom stereocenters. The molecule has 0 atom stereocenters. The minimum absolute atomic E-state index is 0.531. The van der Waals surface area contributed by atoms with Crippen LogP contribution in [0.1, 0.15) is 76.0 Å². The van der Waals surface area contributed by atoms with Crippen molar-refractivity contribution in [3.05, 3.63) is 34.9 Å². The molecule has 1 aromatic rings. The van der Waals surface area contributed by atoms with Crippen LogP contribution in [0.25, 0.3) is 0 Å². The first-order valence-electron chi connectivity index (χ1n) is 7.29. The first-order chi connectivity index (χ1) is 8.69. The second-order valence-electron chi connectivity index (χ2n) is 6.90. The lowest BCUT2D eigenvalue weighted by molar-refractivity contribution is 0.0732. The highest BCUT2D eigenvalue weighted by atomic mass is 16.3. The van der Waals surface area contributed by atoms with Gasteiger partial charge in [-0.3, -0.25) is 0 Å². The molecule has 0 radical (unpaired) electrons. The zero-order valence-corrected chi connectivity index (χ0v) is 12.5. The molecule has 1 fully saturated rings. The van der Waals surface area contributed by atoms with Gasteiger partial charge in [-0.2, -0.15) is 0 Å². The predicted octanol–water partition coefficient (Wildman–Crippen LogP) is 3.80. The number of benzene rings is 1. The molecule has 0 aromatic heterocycles. The van der Waals surface area contributed by atoms with E-state index in [0.29, 0.717) is 5.92 Å². The minimum atomic E-state index is -0.828. The van der Waals surface area contributed by atoms with Crippen LogP contribution in [-0.4, -0.2) is 10.2 Å². The van der Waals surface area contributed by atoms with Gasteiger partial charge < -0.3 is 10.2 Å². The van der Waals surface area contributed by atoms with Crippen LogP contribution < -0.4 is 0 Å². The van der Waals surface area contributed by atoms with Crippen LogP contribution in [-0.2, 0) is 11.2 Å². The van der Waals surface area contributed by atoms with Gasteiger partial charge in [0, 0.05) is 0 Å². The summed E-state index contributed by atoms with van der Waals surface area (Å²) in [6.07, 6.45) is 4.92. The maximum absolute atomic E-state index is 10.4. The first-order valence-corrected chi connectivity index (χ1v) is 7.29. The summed E-state index contributed by atoms with van der Waals surface area (Å²) in [5.74, 6) is 0.531. The van der Waals surface area contributed by atoms with E-state index in [9.17, 15) is 10.2 Å². The van der Waals surface area contributed by atoms with Crippen molar-refractivity contribution in [2.45, 2.75) is 70.5 Å². The molecular formula is C17H26O2. The second kappa shape index (κ2) is 4.92. The molecule has 1 aliphatic rings. The SMILES string of the molecule is CC(C)(O)c1ccc(C(C)(C)O)c(C2CCCC2)c1. The number of hydrogen-bond acceptors (Lipinski definition) is 2. The van der Waals surface area contributed by atoms with Gasteiger partial charge in [-0.1, -0.05) is 31.0 Å². The summed E-state index contributed by atoms with van der Waals surface area (Å²) in [5.41, 5.74) is 1.51. The third kappa shape index (κ3) is 3.18. The van der Waals surface area contributed by atoms with Crippen LogP contribution in [0.15, 0.2) is 18.2 Å². The molecule has 0 spiro atoms. The summed E-state index contributed by atoms with van der Waals surface area (Å²) in [6, 6.07) is 6.02. The van der Waals surface area contributed by atoms with Crippen molar-refractivity contribution in [3.8, 4) is 0 Å². The van der Waals surface area contributed by atoms with Gasteiger partial charge in [-0.15, -0.1) is 0 Å². The van der Waals surface area contributed by atoms with E-state index in [4.69, 9.17) is 0 Å². The monoisotopic (exact) mass is 262 g/mol. The number of rotatable bonds is 3. The Kier molecular flexibility index (Phi) is 3.76. The van der Waals surface area contributed by atoms with Gasteiger partial charge in [0.2, 0.25) is 0 Å². The van der Waals surface area contributed by atoms with Crippen molar-refractivity contribution in [2.24, 2.45) is 0 Å². The van der Waals surface area contributed by atoms with E-state index in [1.165, 1.54) is 31.2 Å². The molecule has 0 bridgehead atoms. The summed E-state index contributed by atoms with van der Waals surface area (Å²) in [7, 11) is 0. The fourth-order valence-electron chi connectivity index (χ4n) is 3.08. The maximum atomic E-state index is 10.4. The number of aliphatic hydroxyl groups is 2. The van der Waals surface area contributed by atoms with E-state index in [2.05, 4.69) is 6.07 Å². The smallest absolute Gasteiger partial charge is 0.0843 e. The summed E-state index contributed by atoms with van der Waals surface area (Å²) < 4.78 is 0. The Labute approximate surface area is 116 Å². The average Bonchev–Trinajstić information content (AvgIpc) is 2.79. The fraction of sp³-hybridized carbons (Fsp3) is 0.647. The Bertz CT molecular complexity index is 443. The van der Waals surface area contributed by atoms with Crippen molar-refractivity contribution in [3.63, 3.8) is 0 Å². The van der Waals surface area contributed by atoms with Gasteiger partial charge in [0.05, 0.1) is 11.2 Å². The normalized spacial score (nSPS) is 18.0. The van der Waals surface area contributed by atoms with Gasteiger partial charge in [0.25, 0.3) is 0 Å². The topological polar surface area (TPSA) is 40.5 Å². The van der Waals surface area contributed by atoms with Gasteiger partial charge >= 0.3 is 0 Å². The van der Waals surface area contributed by atoms with E-state index >= 15 is 0 Å². The molecule has 19 heavy (non-hydrogen) atoms. The van der Waals surface area contributed by atoms with Gasteiger partial charge in [-0.25, -0.2) is 0 Å². The van der Waals surface area contributed by atoms with Crippen LogP contribution in [0.5, 0.6) is 0 Å². The molecule has 1 aliphatic carbocycles. The van der Waals surface area contributed by atoms with Crippen LogP contribution in [0, 0.1) is 0 Å². The zero-order valence-electron chi connectivity index (χ0n) is 12.5. The summed E-state index contributed by atoms with van der Waals surface area (Å²) in [5, 5.41) is 20.5. The van der Waals surface area contributed by atoms with Gasteiger partial charge in [0.1, 0.15) is 0 Å². The van der Waals surface area contributed by atoms with Crippen molar-refractivity contribution >= 4 is 0 Å². The Morgan fingerprint density at radius 2 is 1.53 bits per heavy atom. The molecule has 106 valence electrons. The lowest BCUT2D eigenvalue weighted by atomic mass is 9.82. The third-order valence-corrected chi connectivity index (χ3v) is 4.21. The number of hydrogen-bond donors (Lipinski definition) is 2. The molecule has 0 amide bonds. The lowest BCUT2D eigenvalue weighted by Gasteiger charge is -2.27. The third-order valence-electron chi connectivity index (χ3n) is 4.21. The predicted molar refractivity (Wildman–Crippen MR) is 78.1 cm³/mol. The average molecular weight is 262 g/mol. The summed E-state index contributed by atoms with van der Waals surface area (Å²) in [6.45, 7) is 7.30. The highest BCUT2D eigenvalue weighted by Gasteiger charge is 2.28. The van der Waals surface area contributed by atoms with Crippen LogP contribution in [0.4, 0.5) is 0 Å². The molecule has 0 aliphatic heterocycles. The fourth-order valence-corrected chi connectivity index (χ4v) is 3.08. The Morgan fingerprint density at radius 1 is 0.947 bits per heavy atom. The van der Waals surface area contributed by atoms with E-state index in [1.807, 2.05) is 39.8 Å². The van der Waals surface area contributed by atoms with E-state index in [1.54, 1.807) is 0 Å². The highest BCUT2D eigenvalue weighted by molar-refractivity contribution is 5.40. The van der Waals surface area contributed by atoms with Crippen molar-refractivity contribution < 1.29 is 10.2 Å². The van der Waals surface area contributed by atoms with E-state index in [-0.39, 0.29) is 0 Å². The zero-order chi connectivity index (χ0) is 14.3. The van der Waals surface area contributed by atoms with Crippen molar-refractivity contribution in [1.29, 1.82) is 0 Å². The van der Waals surface area contributed by atoms with Crippen LogP contribution in [0.2, 0.25) is 0 Å². The quantitative estimate of drug-likeness (QED) is 0.870. The molecule has 2 nitrogen and oxygen atoms in total. The Morgan fingerprint density at radius 3 is 2.00 bits per heavy atom. The van der Waals surface area contributed by atoms with Crippen molar-refractivity contribution in [1.82, 2.24) is 0 Å². The Hall–Kier alpha value is -0.860. The molecule has 1 saturated carbocycles.